The van der Waals surface area contributed by atoms with E-state index in [1.165, 1.54) is 0 Å². The third-order valence-corrected chi connectivity index (χ3v) is 1.57. The summed E-state index contributed by atoms with van der Waals surface area (Å²) in [5, 5.41) is 10.9. The van der Waals surface area contributed by atoms with Gasteiger partial charge in [-0.05, 0) is 6.42 Å². The lowest BCUT2D eigenvalue weighted by molar-refractivity contribution is -0.172. The normalized spacial score (nSPS) is 30.6. The minimum absolute atomic E-state index is 0.140. The van der Waals surface area contributed by atoms with Crippen molar-refractivity contribution in [1.29, 1.82) is 0 Å². The van der Waals surface area contributed by atoms with Crippen molar-refractivity contribution in [2.75, 3.05) is 6.54 Å². The molecule has 2 N–H and O–H groups in total. The van der Waals surface area contributed by atoms with Crippen LogP contribution in [0.15, 0.2) is 0 Å². The highest BCUT2D eigenvalue weighted by atomic mass is 19.3. The summed E-state index contributed by atoms with van der Waals surface area (Å²) in [5.74, 6) is -1.26. The molecule has 0 saturated carbocycles. The number of alkyl halides is 2. The minimum atomic E-state index is -2.62. The SMILES string of the molecule is O=C(O)C1NCCC(C(F)F)O1. The van der Waals surface area contributed by atoms with Gasteiger partial charge in [0.2, 0.25) is 6.23 Å². The van der Waals surface area contributed by atoms with Crippen LogP contribution in [-0.2, 0) is 9.53 Å². The maximum atomic E-state index is 12.0. The van der Waals surface area contributed by atoms with Crippen molar-refractivity contribution >= 4 is 5.97 Å². The van der Waals surface area contributed by atoms with Gasteiger partial charge in [-0.3, -0.25) is 5.32 Å². The Morgan fingerprint density at radius 2 is 2.33 bits per heavy atom. The van der Waals surface area contributed by atoms with E-state index in [1.54, 1.807) is 0 Å². The summed E-state index contributed by atoms with van der Waals surface area (Å²) in [6.07, 6.45) is -5.03. The smallest absolute Gasteiger partial charge is 0.348 e. The van der Waals surface area contributed by atoms with Crippen molar-refractivity contribution in [3.05, 3.63) is 0 Å². The van der Waals surface area contributed by atoms with Gasteiger partial charge in [0.15, 0.2) is 0 Å². The van der Waals surface area contributed by atoms with Gasteiger partial charge in [-0.2, -0.15) is 0 Å². The molecule has 0 aliphatic carbocycles. The quantitative estimate of drug-likeness (QED) is 0.631. The average molecular weight is 181 g/mol. The van der Waals surface area contributed by atoms with E-state index in [4.69, 9.17) is 5.11 Å². The number of nitrogens with one attached hydrogen (secondary N) is 1. The number of carboxylic acids is 1. The minimum Gasteiger partial charge on any atom is -0.478 e. The molecule has 1 aliphatic rings. The second-order valence-corrected chi connectivity index (χ2v) is 2.47. The Morgan fingerprint density at radius 3 is 2.83 bits per heavy atom. The predicted octanol–water partition coefficient (Wildman–Crippen LogP) is 0.0407. The van der Waals surface area contributed by atoms with Gasteiger partial charge in [0.1, 0.15) is 6.10 Å². The number of rotatable bonds is 2. The van der Waals surface area contributed by atoms with Crippen molar-refractivity contribution in [2.24, 2.45) is 0 Å². The van der Waals surface area contributed by atoms with Crippen molar-refractivity contribution in [3.8, 4) is 0 Å². The molecule has 1 rings (SSSR count). The molecule has 0 aromatic heterocycles. The molecule has 4 nitrogen and oxygen atoms in total. The van der Waals surface area contributed by atoms with Gasteiger partial charge in [0.05, 0.1) is 0 Å². The molecule has 2 atom stereocenters. The number of carbonyl (C=O) groups is 1. The van der Waals surface area contributed by atoms with E-state index < -0.39 is 24.7 Å². The number of ether oxygens (including phenoxy) is 1. The third-order valence-electron chi connectivity index (χ3n) is 1.57. The Bertz CT molecular complexity index is 176. The third kappa shape index (κ3) is 2.12. The van der Waals surface area contributed by atoms with Crippen LogP contribution in [0.25, 0.3) is 0 Å². The highest BCUT2D eigenvalue weighted by molar-refractivity contribution is 5.71. The van der Waals surface area contributed by atoms with Gasteiger partial charge in [-0.15, -0.1) is 0 Å². The van der Waals surface area contributed by atoms with Crippen LogP contribution in [0.4, 0.5) is 8.78 Å². The van der Waals surface area contributed by atoms with Crippen LogP contribution in [0.1, 0.15) is 6.42 Å². The number of aliphatic carboxylic acids is 1. The monoisotopic (exact) mass is 181 g/mol. The first-order valence-electron chi connectivity index (χ1n) is 3.51. The van der Waals surface area contributed by atoms with Gasteiger partial charge in [-0.25, -0.2) is 13.6 Å². The van der Waals surface area contributed by atoms with E-state index in [0.717, 1.165) is 0 Å². The first-order chi connectivity index (χ1) is 5.61. The topological polar surface area (TPSA) is 58.6 Å². The molecule has 70 valence electrons. The zero-order valence-corrected chi connectivity index (χ0v) is 6.17. The molecule has 0 bridgehead atoms. The Balaban J connectivity index is 2.46. The van der Waals surface area contributed by atoms with E-state index in [9.17, 15) is 13.6 Å². The van der Waals surface area contributed by atoms with Crippen LogP contribution in [0.2, 0.25) is 0 Å². The Kier molecular flexibility index (Phi) is 2.93. The van der Waals surface area contributed by atoms with E-state index in [0.29, 0.717) is 0 Å². The number of hydrogen-bond acceptors (Lipinski definition) is 3. The lowest BCUT2D eigenvalue weighted by Gasteiger charge is -2.27. The largest absolute Gasteiger partial charge is 0.478 e. The molecule has 0 radical (unpaired) electrons. The maximum Gasteiger partial charge on any atom is 0.348 e. The Labute approximate surface area is 67.5 Å². The fourth-order valence-corrected chi connectivity index (χ4v) is 0.979. The molecule has 0 spiro atoms. The molecule has 0 amide bonds. The van der Waals surface area contributed by atoms with Crippen molar-refractivity contribution in [3.63, 3.8) is 0 Å². The van der Waals surface area contributed by atoms with E-state index in [1.807, 2.05) is 0 Å². The Hall–Kier alpha value is -0.750. The van der Waals surface area contributed by atoms with Crippen LogP contribution in [0.3, 0.4) is 0 Å². The van der Waals surface area contributed by atoms with Crippen LogP contribution in [-0.4, -0.2) is 36.4 Å². The summed E-state index contributed by atoms with van der Waals surface area (Å²) in [5.41, 5.74) is 0. The van der Waals surface area contributed by atoms with Gasteiger partial charge < -0.3 is 9.84 Å². The molecular formula is C6H9F2NO3. The summed E-state index contributed by atoms with van der Waals surface area (Å²) in [4.78, 5) is 10.3. The summed E-state index contributed by atoms with van der Waals surface area (Å²) >= 11 is 0. The summed E-state index contributed by atoms with van der Waals surface area (Å²) in [6.45, 7) is 0.242. The zero-order chi connectivity index (χ0) is 9.14. The fourth-order valence-electron chi connectivity index (χ4n) is 0.979. The highest BCUT2D eigenvalue weighted by Gasteiger charge is 2.32. The molecule has 2 unspecified atom stereocenters. The lowest BCUT2D eigenvalue weighted by Crippen LogP contribution is -2.49. The van der Waals surface area contributed by atoms with E-state index in [2.05, 4.69) is 10.1 Å². The number of hydrogen-bond donors (Lipinski definition) is 2. The molecular weight excluding hydrogens is 172 g/mol. The second kappa shape index (κ2) is 3.77. The van der Waals surface area contributed by atoms with Crippen LogP contribution in [0.5, 0.6) is 0 Å². The molecule has 1 aliphatic heterocycles. The van der Waals surface area contributed by atoms with Crippen molar-refractivity contribution in [2.45, 2.75) is 25.2 Å². The molecule has 1 fully saturated rings. The standard InChI is InChI=1S/C6H9F2NO3/c7-4(8)3-1-2-9-5(12-3)6(10)11/h3-5,9H,1-2H2,(H,10,11). The molecule has 12 heavy (non-hydrogen) atoms. The molecule has 6 heteroatoms. The molecule has 0 aromatic carbocycles. The van der Waals surface area contributed by atoms with Crippen molar-refractivity contribution in [1.82, 2.24) is 5.32 Å². The summed E-state index contributed by atoms with van der Waals surface area (Å²) in [6, 6.07) is 0. The first kappa shape index (κ1) is 9.34. The maximum absolute atomic E-state index is 12.0. The number of halogens is 2. The van der Waals surface area contributed by atoms with E-state index >= 15 is 0 Å². The van der Waals surface area contributed by atoms with Gasteiger partial charge >= 0.3 is 5.97 Å². The average Bonchev–Trinajstić information content (AvgIpc) is 2.04. The first-order valence-corrected chi connectivity index (χ1v) is 3.51. The second-order valence-electron chi connectivity index (χ2n) is 2.47. The summed E-state index contributed by atoms with van der Waals surface area (Å²) in [7, 11) is 0. The van der Waals surface area contributed by atoms with E-state index in [-0.39, 0.29) is 13.0 Å². The molecule has 1 saturated heterocycles. The predicted molar refractivity (Wildman–Crippen MR) is 34.9 cm³/mol. The fraction of sp³-hybridized carbons (Fsp3) is 0.833. The van der Waals surface area contributed by atoms with Crippen molar-refractivity contribution < 1.29 is 23.4 Å². The Morgan fingerprint density at radius 1 is 1.67 bits per heavy atom. The molecule has 1 heterocycles. The van der Waals surface area contributed by atoms with Gasteiger partial charge in [0.25, 0.3) is 6.43 Å². The van der Waals surface area contributed by atoms with Crippen LogP contribution < -0.4 is 5.32 Å². The van der Waals surface area contributed by atoms with Crippen LogP contribution in [0, 0.1) is 0 Å². The lowest BCUT2D eigenvalue weighted by atomic mass is 10.2. The molecule has 0 aromatic rings. The number of carboxylic acid groups (broad SMARTS) is 1. The van der Waals surface area contributed by atoms with Gasteiger partial charge in [0, 0.05) is 6.54 Å². The van der Waals surface area contributed by atoms with Crippen LogP contribution >= 0.6 is 0 Å². The summed E-state index contributed by atoms with van der Waals surface area (Å²) < 4.78 is 28.6. The zero-order valence-electron chi connectivity index (χ0n) is 6.17. The van der Waals surface area contributed by atoms with Gasteiger partial charge in [-0.1, -0.05) is 0 Å². The highest BCUT2D eigenvalue weighted by Crippen LogP contribution is 2.14.